The quantitative estimate of drug-likeness (QED) is 0.885. The molecule has 0 aromatic heterocycles. The molecule has 100 valence electrons. The maximum atomic E-state index is 13.1. The molecule has 1 aliphatic rings. The molecule has 1 aromatic carbocycles. The van der Waals surface area contributed by atoms with E-state index < -0.39 is 5.82 Å². The second-order valence-corrected chi connectivity index (χ2v) is 5.63. The molecule has 18 heavy (non-hydrogen) atoms. The molecule has 1 N–H and O–H groups in total. The zero-order chi connectivity index (χ0) is 13.1. The summed E-state index contributed by atoms with van der Waals surface area (Å²) in [5.41, 5.74) is 0.647. The van der Waals surface area contributed by atoms with Crippen LogP contribution in [0.1, 0.15) is 19.3 Å². The third-order valence-corrected chi connectivity index (χ3v) is 3.90. The first kappa shape index (κ1) is 13.9. The van der Waals surface area contributed by atoms with Gasteiger partial charge in [-0.05, 0) is 51.5 Å². The van der Waals surface area contributed by atoms with Gasteiger partial charge in [0.1, 0.15) is 5.82 Å². The molecule has 0 amide bonds. The summed E-state index contributed by atoms with van der Waals surface area (Å²) in [6.07, 6.45) is 3.26. The standard InChI is InChI=1S/C13H17Cl2FN2/c1-18-5-2-3-10(4-6-18)17-13-11(14)7-9(16)8-12(13)15/h7-8,10,17H,2-6H2,1H3. The minimum Gasteiger partial charge on any atom is -0.380 e. The number of halogens is 3. The van der Waals surface area contributed by atoms with Crippen molar-refractivity contribution in [3.63, 3.8) is 0 Å². The van der Waals surface area contributed by atoms with E-state index in [2.05, 4.69) is 17.3 Å². The Hall–Kier alpha value is -0.510. The summed E-state index contributed by atoms with van der Waals surface area (Å²) in [5.74, 6) is -0.406. The normalized spacial score (nSPS) is 21.7. The van der Waals surface area contributed by atoms with Crippen molar-refractivity contribution < 1.29 is 4.39 Å². The highest BCUT2D eigenvalue weighted by Crippen LogP contribution is 2.32. The average Bonchev–Trinajstić information content (AvgIpc) is 2.48. The zero-order valence-corrected chi connectivity index (χ0v) is 11.9. The summed E-state index contributed by atoms with van der Waals surface area (Å²) < 4.78 is 13.1. The Balaban J connectivity index is 2.09. The van der Waals surface area contributed by atoms with Crippen LogP contribution in [0.15, 0.2) is 12.1 Å². The number of nitrogens with zero attached hydrogens (tertiary/aromatic N) is 1. The van der Waals surface area contributed by atoms with Crippen LogP contribution in [0.5, 0.6) is 0 Å². The van der Waals surface area contributed by atoms with Gasteiger partial charge in [0.2, 0.25) is 0 Å². The van der Waals surface area contributed by atoms with Crippen molar-refractivity contribution in [3.8, 4) is 0 Å². The molecule has 1 aliphatic heterocycles. The van der Waals surface area contributed by atoms with E-state index in [0.29, 0.717) is 21.8 Å². The minimum atomic E-state index is -0.406. The third-order valence-electron chi connectivity index (χ3n) is 3.31. The summed E-state index contributed by atoms with van der Waals surface area (Å²) in [7, 11) is 2.13. The first-order chi connectivity index (χ1) is 8.56. The lowest BCUT2D eigenvalue weighted by Gasteiger charge is -2.20. The summed E-state index contributed by atoms with van der Waals surface area (Å²) in [4.78, 5) is 2.32. The summed E-state index contributed by atoms with van der Waals surface area (Å²) in [6, 6.07) is 2.92. The van der Waals surface area contributed by atoms with Crippen molar-refractivity contribution in [1.29, 1.82) is 0 Å². The van der Waals surface area contributed by atoms with Gasteiger partial charge in [0, 0.05) is 6.04 Å². The van der Waals surface area contributed by atoms with E-state index in [0.717, 1.165) is 32.4 Å². The SMILES string of the molecule is CN1CCCC(Nc2c(Cl)cc(F)cc2Cl)CC1. The molecule has 0 aliphatic carbocycles. The van der Waals surface area contributed by atoms with Crippen LogP contribution < -0.4 is 5.32 Å². The van der Waals surface area contributed by atoms with E-state index in [4.69, 9.17) is 23.2 Å². The number of hydrogen-bond donors (Lipinski definition) is 1. The Morgan fingerprint density at radius 2 is 1.89 bits per heavy atom. The predicted octanol–water partition coefficient (Wildman–Crippen LogP) is 4.03. The largest absolute Gasteiger partial charge is 0.380 e. The van der Waals surface area contributed by atoms with Crippen LogP contribution in [0.3, 0.4) is 0 Å². The fraction of sp³-hybridized carbons (Fsp3) is 0.538. The Morgan fingerprint density at radius 3 is 2.56 bits per heavy atom. The molecule has 0 bridgehead atoms. The second kappa shape index (κ2) is 6.09. The lowest BCUT2D eigenvalue weighted by atomic mass is 10.1. The van der Waals surface area contributed by atoms with Crippen LogP contribution in [-0.2, 0) is 0 Å². The van der Waals surface area contributed by atoms with E-state index in [1.54, 1.807) is 0 Å². The molecule has 1 aromatic rings. The summed E-state index contributed by atoms with van der Waals surface area (Å²) in [6.45, 7) is 2.16. The Morgan fingerprint density at radius 1 is 1.22 bits per heavy atom. The van der Waals surface area contributed by atoms with Crippen LogP contribution in [0.4, 0.5) is 10.1 Å². The Kier molecular flexibility index (Phi) is 4.71. The van der Waals surface area contributed by atoms with Crippen LogP contribution in [0.2, 0.25) is 10.0 Å². The van der Waals surface area contributed by atoms with Crippen molar-refractivity contribution in [3.05, 3.63) is 28.0 Å². The molecular weight excluding hydrogens is 274 g/mol. The molecule has 1 fully saturated rings. The zero-order valence-electron chi connectivity index (χ0n) is 10.3. The first-order valence-electron chi connectivity index (χ1n) is 6.16. The van der Waals surface area contributed by atoms with Crippen molar-refractivity contribution in [1.82, 2.24) is 4.90 Å². The molecule has 1 saturated heterocycles. The van der Waals surface area contributed by atoms with Gasteiger partial charge in [0.05, 0.1) is 15.7 Å². The first-order valence-corrected chi connectivity index (χ1v) is 6.91. The molecular formula is C13H17Cl2FN2. The van der Waals surface area contributed by atoms with Crippen molar-refractivity contribution in [2.24, 2.45) is 0 Å². The van der Waals surface area contributed by atoms with Gasteiger partial charge in [-0.3, -0.25) is 0 Å². The van der Waals surface area contributed by atoms with Crippen LogP contribution in [-0.4, -0.2) is 31.1 Å². The van der Waals surface area contributed by atoms with E-state index in [9.17, 15) is 4.39 Å². The maximum absolute atomic E-state index is 13.1. The van der Waals surface area contributed by atoms with E-state index >= 15 is 0 Å². The third kappa shape index (κ3) is 3.50. The fourth-order valence-corrected chi connectivity index (χ4v) is 2.84. The van der Waals surface area contributed by atoms with E-state index in [1.807, 2.05) is 0 Å². The second-order valence-electron chi connectivity index (χ2n) is 4.82. The maximum Gasteiger partial charge on any atom is 0.126 e. The predicted molar refractivity (Wildman–Crippen MR) is 75.2 cm³/mol. The molecule has 2 nitrogen and oxygen atoms in total. The monoisotopic (exact) mass is 290 g/mol. The molecule has 5 heteroatoms. The van der Waals surface area contributed by atoms with Crippen molar-refractivity contribution in [2.75, 3.05) is 25.5 Å². The molecule has 0 spiro atoms. The smallest absolute Gasteiger partial charge is 0.126 e. The molecule has 1 unspecified atom stereocenters. The molecule has 1 heterocycles. The average molecular weight is 291 g/mol. The van der Waals surface area contributed by atoms with Gasteiger partial charge in [0.15, 0.2) is 0 Å². The highest BCUT2D eigenvalue weighted by molar-refractivity contribution is 6.39. The number of benzene rings is 1. The van der Waals surface area contributed by atoms with Gasteiger partial charge in [-0.25, -0.2) is 4.39 Å². The summed E-state index contributed by atoms with van der Waals surface area (Å²) in [5, 5.41) is 4.04. The van der Waals surface area contributed by atoms with Crippen LogP contribution >= 0.6 is 23.2 Å². The van der Waals surface area contributed by atoms with Gasteiger partial charge in [-0.15, -0.1) is 0 Å². The van der Waals surface area contributed by atoms with Crippen molar-refractivity contribution in [2.45, 2.75) is 25.3 Å². The number of anilines is 1. The molecule has 1 atom stereocenters. The number of nitrogens with one attached hydrogen (secondary N) is 1. The van der Waals surface area contributed by atoms with Gasteiger partial charge >= 0.3 is 0 Å². The van der Waals surface area contributed by atoms with Gasteiger partial charge in [0.25, 0.3) is 0 Å². The lowest BCUT2D eigenvalue weighted by Crippen LogP contribution is -2.23. The van der Waals surface area contributed by atoms with Gasteiger partial charge in [-0.2, -0.15) is 0 Å². The van der Waals surface area contributed by atoms with Gasteiger partial charge < -0.3 is 10.2 Å². The number of hydrogen-bond acceptors (Lipinski definition) is 2. The topological polar surface area (TPSA) is 15.3 Å². The molecule has 0 radical (unpaired) electrons. The Labute approximate surface area is 117 Å². The number of likely N-dealkylation sites (tertiary alicyclic amines) is 1. The lowest BCUT2D eigenvalue weighted by molar-refractivity contribution is 0.348. The van der Waals surface area contributed by atoms with E-state index in [1.165, 1.54) is 12.1 Å². The highest BCUT2D eigenvalue weighted by atomic mass is 35.5. The number of rotatable bonds is 2. The minimum absolute atomic E-state index is 0.343. The summed E-state index contributed by atoms with van der Waals surface area (Å²) >= 11 is 12.1. The van der Waals surface area contributed by atoms with Gasteiger partial charge in [-0.1, -0.05) is 23.2 Å². The van der Waals surface area contributed by atoms with Crippen LogP contribution in [0, 0.1) is 5.82 Å². The van der Waals surface area contributed by atoms with E-state index in [-0.39, 0.29) is 0 Å². The molecule has 0 saturated carbocycles. The fourth-order valence-electron chi connectivity index (χ4n) is 2.27. The van der Waals surface area contributed by atoms with Crippen molar-refractivity contribution >= 4 is 28.9 Å². The van der Waals surface area contributed by atoms with Crippen LogP contribution in [0.25, 0.3) is 0 Å². The Bertz CT molecular complexity index is 402. The highest BCUT2D eigenvalue weighted by Gasteiger charge is 2.17. The molecule has 2 rings (SSSR count).